The first-order chi connectivity index (χ1) is 20.5. The zero-order valence-corrected chi connectivity index (χ0v) is 27.1. The summed E-state index contributed by atoms with van der Waals surface area (Å²) >= 11 is 6.62. The minimum atomic E-state index is -0.793. The summed E-state index contributed by atoms with van der Waals surface area (Å²) in [4.78, 5) is 38.1. The molecule has 0 atom stereocenters. The van der Waals surface area contributed by atoms with Crippen LogP contribution in [0.3, 0.4) is 0 Å². The Balaban J connectivity index is 1.38. The lowest BCUT2D eigenvalue weighted by atomic mass is 9.73. The Morgan fingerprint density at radius 3 is 2.34 bits per heavy atom. The number of rotatable bonds is 10. The Bertz CT molecular complexity index is 1700. The van der Waals surface area contributed by atoms with Crippen molar-refractivity contribution in [1.82, 2.24) is 30.4 Å². The molecule has 0 aliphatic heterocycles. The van der Waals surface area contributed by atoms with E-state index in [4.69, 9.17) is 16.3 Å². The van der Waals surface area contributed by atoms with Gasteiger partial charge >= 0.3 is 0 Å². The van der Waals surface area contributed by atoms with Crippen molar-refractivity contribution in [2.45, 2.75) is 71.8 Å². The maximum absolute atomic E-state index is 13.1. The summed E-state index contributed by atoms with van der Waals surface area (Å²) in [6.45, 7) is 15.3. The number of carbonyl (C=O) groups is 3. The van der Waals surface area contributed by atoms with Gasteiger partial charge in [-0.15, -0.1) is 10.2 Å². The van der Waals surface area contributed by atoms with Crippen LogP contribution in [0.1, 0.15) is 75.9 Å². The molecule has 0 radical (unpaired) electrons. The first-order valence-corrected chi connectivity index (χ1v) is 14.7. The van der Waals surface area contributed by atoms with Gasteiger partial charge in [-0.05, 0) is 45.0 Å². The quantitative estimate of drug-likeness (QED) is 0.198. The van der Waals surface area contributed by atoms with Crippen molar-refractivity contribution in [1.29, 1.82) is 0 Å². The fraction of sp³-hybridized carbons (Fsp3) is 0.406. The highest BCUT2D eigenvalue weighted by Crippen LogP contribution is 2.37. The van der Waals surface area contributed by atoms with Gasteiger partial charge in [0, 0.05) is 21.9 Å². The van der Waals surface area contributed by atoms with Gasteiger partial charge < -0.3 is 20.7 Å². The van der Waals surface area contributed by atoms with Gasteiger partial charge in [-0.2, -0.15) is 0 Å². The minimum Gasteiger partial charge on any atom is -0.482 e. The fourth-order valence-corrected chi connectivity index (χ4v) is 5.06. The predicted molar refractivity (Wildman–Crippen MR) is 170 cm³/mol. The summed E-state index contributed by atoms with van der Waals surface area (Å²) in [5.74, 6) is -0.230. The lowest BCUT2D eigenvalue weighted by molar-refractivity contribution is -0.125. The van der Waals surface area contributed by atoms with Crippen LogP contribution in [0.4, 0.5) is 5.69 Å². The van der Waals surface area contributed by atoms with E-state index in [0.717, 1.165) is 11.3 Å². The van der Waals surface area contributed by atoms with E-state index in [1.807, 2.05) is 40.7 Å². The average molecular weight is 622 g/mol. The third kappa shape index (κ3) is 6.88. The van der Waals surface area contributed by atoms with Gasteiger partial charge in [-0.25, -0.2) is 4.52 Å². The molecule has 4 aromatic rings. The molecule has 2 aromatic carbocycles. The number of hydrogen-bond acceptors (Lipinski definition) is 6. The van der Waals surface area contributed by atoms with Crippen LogP contribution in [-0.2, 0) is 20.4 Å². The van der Waals surface area contributed by atoms with E-state index in [1.165, 1.54) is 0 Å². The summed E-state index contributed by atoms with van der Waals surface area (Å²) in [6, 6.07) is 13.9. The van der Waals surface area contributed by atoms with Crippen LogP contribution in [0.25, 0.3) is 5.65 Å². The number of para-hydroxylation sites is 2. The number of nitrogens with zero attached hydrogens (tertiary/aromatic N) is 3. The number of aryl methyl sites for hydroxylation is 1. The van der Waals surface area contributed by atoms with Gasteiger partial charge in [0.05, 0.1) is 17.9 Å². The molecule has 0 aliphatic carbocycles. The molecule has 2 aromatic heterocycles. The second kappa shape index (κ2) is 12.3. The van der Waals surface area contributed by atoms with Gasteiger partial charge in [0.15, 0.2) is 18.1 Å². The van der Waals surface area contributed by atoms with E-state index >= 15 is 0 Å². The second-order valence-corrected chi connectivity index (χ2v) is 13.3. The highest BCUT2D eigenvalue weighted by molar-refractivity contribution is 6.34. The molecule has 0 aliphatic rings. The molecule has 0 unspecified atom stereocenters. The number of H-pyrrole nitrogens is 1. The summed E-state index contributed by atoms with van der Waals surface area (Å²) < 4.78 is 7.59. The van der Waals surface area contributed by atoms with Crippen molar-refractivity contribution >= 4 is 40.7 Å². The molecule has 234 valence electrons. The van der Waals surface area contributed by atoms with Gasteiger partial charge in [-0.3, -0.25) is 19.5 Å². The fourth-order valence-electron chi connectivity index (χ4n) is 4.61. The van der Waals surface area contributed by atoms with E-state index in [0.29, 0.717) is 33.5 Å². The van der Waals surface area contributed by atoms with Crippen LogP contribution >= 0.6 is 11.6 Å². The summed E-state index contributed by atoms with van der Waals surface area (Å²) in [5, 5.41) is 21.0. The molecule has 44 heavy (non-hydrogen) atoms. The van der Waals surface area contributed by atoms with Crippen LogP contribution < -0.4 is 20.7 Å². The molecule has 4 rings (SSSR count). The molecule has 0 saturated carbocycles. The van der Waals surface area contributed by atoms with Crippen molar-refractivity contribution in [3.63, 3.8) is 0 Å². The number of anilines is 1. The van der Waals surface area contributed by atoms with Gasteiger partial charge in [0.2, 0.25) is 5.91 Å². The Hall–Kier alpha value is -4.38. The number of carbonyl (C=O) groups excluding carboxylic acids is 3. The van der Waals surface area contributed by atoms with Crippen molar-refractivity contribution in [3.8, 4) is 5.75 Å². The molecule has 11 nitrogen and oxygen atoms in total. The van der Waals surface area contributed by atoms with Gasteiger partial charge in [0.1, 0.15) is 10.8 Å². The van der Waals surface area contributed by atoms with Crippen molar-refractivity contribution in [2.75, 3.05) is 18.5 Å². The van der Waals surface area contributed by atoms with Gasteiger partial charge in [-0.1, -0.05) is 76.0 Å². The summed E-state index contributed by atoms with van der Waals surface area (Å²) in [7, 11) is 0. The zero-order chi connectivity index (χ0) is 32.4. The normalized spacial score (nSPS) is 12.2. The monoisotopic (exact) mass is 621 g/mol. The third-order valence-corrected chi connectivity index (χ3v) is 8.19. The second-order valence-electron chi connectivity index (χ2n) is 12.9. The Labute approximate surface area is 262 Å². The molecule has 4 N–H and O–H groups in total. The number of benzene rings is 2. The number of fused-ring (bicyclic) bond motifs is 1. The smallest absolute Gasteiger partial charge is 0.258 e. The molecule has 0 fully saturated rings. The van der Waals surface area contributed by atoms with Crippen LogP contribution in [0, 0.1) is 6.92 Å². The highest BCUT2D eigenvalue weighted by atomic mass is 35.5. The highest BCUT2D eigenvalue weighted by Gasteiger charge is 2.44. The number of ether oxygens (including phenoxy) is 1. The maximum Gasteiger partial charge on any atom is 0.258 e. The van der Waals surface area contributed by atoms with Crippen molar-refractivity contribution in [3.05, 3.63) is 76.2 Å². The number of amides is 3. The Morgan fingerprint density at radius 1 is 0.955 bits per heavy atom. The first-order valence-electron chi connectivity index (χ1n) is 14.3. The van der Waals surface area contributed by atoms with E-state index in [9.17, 15) is 14.4 Å². The Morgan fingerprint density at radius 2 is 1.66 bits per heavy atom. The summed E-state index contributed by atoms with van der Waals surface area (Å²) in [6.07, 6.45) is 0. The SMILES string of the molecule is Cc1cccc(C(=O)NCC(=O)Nc2ccccc2OCC(=O)NC(C)(C)C(C)(C)c2nnc3c(Cl)c(C(C)(C)C)[nH]n23)c1. The number of hydrogen-bond donors (Lipinski definition) is 4. The van der Waals surface area contributed by atoms with Crippen molar-refractivity contribution in [2.24, 2.45) is 0 Å². The summed E-state index contributed by atoms with van der Waals surface area (Å²) in [5.41, 5.74) is 1.44. The maximum atomic E-state index is 13.1. The first kappa shape index (κ1) is 32.5. The standard InChI is InChI=1S/C32H40ClN7O4/c1-19-12-11-13-20(16-19)28(43)34-17-23(41)35-21-14-9-10-15-22(21)44-18-24(42)36-32(7,8)31(5,6)29-38-37-27-25(33)26(30(2,3)4)39-40(27)29/h9-16,39H,17-18H2,1-8H3,(H,34,43)(H,35,41)(H,36,42). The van der Waals surface area contributed by atoms with Crippen LogP contribution in [-0.4, -0.2) is 56.2 Å². The topological polar surface area (TPSA) is 143 Å². The number of nitrogens with one attached hydrogen (secondary N) is 4. The van der Waals surface area contributed by atoms with E-state index in [2.05, 4.69) is 52.0 Å². The van der Waals surface area contributed by atoms with Crippen LogP contribution in [0.2, 0.25) is 5.02 Å². The van der Waals surface area contributed by atoms with Crippen LogP contribution in [0.5, 0.6) is 5.75 Å². The number of halogens is 1. The molecule has 0 bridgehead atoms. The Kier molecular flexibility index (Phi) is 9.11. The van der Waals surface area contributed by atoms with Gasteiger partial charge in [0.25, 0.3) is 11.8 Å². The molecular formula is C32H40ClN7O4. The molecule has 2 heterocycles. The molecule has 3 amide bonds. The molecule has 0 saturated heterocycles. The van der Waals surface area contributed by atoms with Crippen molar-refractivity contribution < 1.29 is 19.1 Å². The minimum absolute atomic E-state index is 0.231. The average Bonchev–Trinajstić information content (AvgIpc) is 3.51. The number of aromatic nitrogens is 4. The third-order valence-electron chi connectivity index (χ3n) is 7.84. The molecule has 0 spiro atoms. The van der Waals surface area contributed by atoms with E-state index in [1.54, 1.807) is 47.0 Å². The molecular weight excluding hydrogens is 582 g/mol. The molecule has 12 heteroatoms. The lowest BCUT2D eigenvalue weighted by Crippen LogP contribution is -2.57. The number of aromatic amines is 1. The van der Waals surface area contributed by atoms with E-state index < -0.39 is 16.9 Å². The van der Waals surface area contributed by atoms with E-state index in [-0.39, 0.29) is 30.4 Å². The van der Waals surface area contributed by atoms with Crippen LogP contribution in [0.15, 0.2) is 48.5 Å². The lowest BCUT2D eigenvalue weighted by Gasteiger charge is -2.40. The predicted octanol–water partition coefficient (Wildman–Crippen LogP) is 4.94. The largest absolute Gasteiger partial charge is 0.482 e. The zero-order valence-electron chi connectivity index (χ0n) is 26.4.